The highest BCUT2D eigenvalue weighted by Crippen LogP contribution is 2.18. The van der Waals surface area contributed by atoms with Crippen molar-refractivity contribution in [3.05, 3.63) is 35.9 Å². The summed E-state index contributed by atoms with van der Waals surface area (Å²) in [7, 11) is -1.02. The fourth-order valence-electron chi connectivity index (χ4n) is 2.70. The number of quaternary nitrogens is 1. The molecule has 0 unspecified atom stereocenters. The summed E-state index contributed by atoms with van der Waals surface area (Å²) in [5.41, 5.74) is 1.48. The zero-order valence-electron chi connectivity index (χ0n) is 12.2. The van der Waals surface area contributed by atoms with E-state index in [-0.39, 0.29) is 0 Å². The Morgan fingerprint density at radius 1 is 0.941 bits per heavy atom. The van der Waals surface area contributed by atoms with E-state index in [1.54, 1.807) is 0 Å². The van der Waals surface area contributed by atoms with Crippen LogP contribution < -0.4 is 0 Å². The van der Waals surface area contributed by atoms with E-state index in [4.69, 9.17) is 0 Å². The first-order chi connectivity index (χ1) is 7.91. The van der Waals surface area contributed by atoms with Crippen LogP contribution in [0.2, 0.25) is 19.6 Å². The highest BCUT2D eigenvalue weighted by atomic mass is 28.3. The third-order valence-corrected chi connectivity index (χ3v) is 5.13. The fraction of sp³-hybridized carbons (Fsp3) is 0.600. The Labute approximate surface area is 108 Å². The van der Waals surface area contributed by atoms with Gasteiger partial charge in [0.15, 0.2) is 0 Å². The van der Waals surface area contributed by atoms with Crippen molar-refractivity contribution in [2.24, 2.45) is 0 Å². The van der Waals surface area contributed by atoms with Crippen LogP contribution in [0, 0.1) is 0 Å². The lowest BCUT2D eigenvalue weighted by Crippen LogP contribution is -2.55. The van der Waals surface area contributed by atoms with Crippen molar-refractivity contribution in [2.75, 3.05) is 19.3 Å². The van der Waals surface area contributed by atoms with Crippen molar-refractivity contribution < 1.29 is 4.48 Å². The Morgan fingerprint density at radius 3 is 1.88 bits per heavy atom. The number of rotatable bonds is 6. The highest BCUT2D eigenvalue weighted by Gasteiger charge is 2.31. The molecule has 0 saturated heterocycles. The van der Waals surface area contributed by atoms with Crippen LogP contribution in [0.1, 0.15) is 19.4 Å². The van der Waals surface area contributed by atoms with E-state index in [2.05, 4.69) is 63.8 Å². The molecule has 0 spiro atoms. The summed E-state index contributed by atoms with van der Waals surface area (Å²) in [6, 6.07) is 11.0. The van der Waals surface area contributed by atoms with Gasteiger partial charge >= 0.3 is 0 Å². The molecule has 1 nitrogen and oxygen atoms in total. The molecule has 0 aromatic heterocycles. The minimum atomic E-state index is -1.02. The van der Waals surface area contributed by atoms with Crippen LogP contribution in [0.15, 0.2) is 30.3 Å². The second kappa shape index (κ2) is 5.83. The summed E-state index contributed by atoms with van der Waals surface area (Å²) in [5, 5.41) is 0. The second-order valence-electron chi connectivity index (χ2n) is 6.34. The predicted molar refractivity (Wildman–Crippen MR) is 79.7 cm³/mol. The van der Waals surface area contributed by atoms with E-state index in [0.717, 1.165) is 0 Å². The SMILES string of the molecule is CC[N+](CC)(Cc1ccccc1)C[Si](C)(C)C. The van der Waals surface area contributed by atoms with Crippen LogP contribution in [-0.2, 0) is 6.54 Å². The molecule has 0 atom stereocenters. The van der Waals surface area contributed by atoms with E-state index in [0.29, 0.717) is 0 Å². The maximum absolute atomic E-state index is 2.48. The van der Waals surface area contributed by atoms with Crippen LogP contribution in [0.5, 0.6) is 0 Å². The molecule has 0 fully saturated rings. The number of hydrogen-bond donors (Lipinski definition) is 0. The van der Waals surface area contributed by atoms with Gasteiger partial charge in [-0.25, -0.2) is 0 Å². The Kier molecular flexibility index (Phi) is 4.96. The minimum Gasteiger partial charge on any atom is -0.324 e. The second-order valence-corrected chi connectivity index (χ2v) is 11.8. The molecule has 0 N–H and O–H groups in total. The molecule has 2 heteroatoms. The van der Waals surface area contributed by atoms with E-state index < -0.39 is 8.07 Å². The summed E-state index contributed by atoms with van der Waals surface area (Å²) >= 11 is 0. The van der Waals surface area contributed by atoms with Crippen LogP contribution >= 0.6 is 0 Å². The lowest BCUT2D eigenvalue weighted by atomic mass is 10.2. The quantitative estimate of drug-likeness (QED) is 0.530. The standard InChI is InChI=1S/C15H28NSi/c1-6-16(7-2,14-17(3,4)5)13-15-11-9-8-10-12-15/h8-12H,6-7,13-14H2,1-5H3/q+1. The van der Waals surface area contributed by atoms with E-state index >= 15 is 0 Å². The molecular weight excluding hydrogens is 222 g/mol. The summed E-state index contributed by atoms with van der Waals surface area (Å²) in [6.45, 7) is 15.8. The van der Waals surface area contributed by atoms with Gasteiger partial charge in [0.1, 0.15) is 14.6 Å². The fourth-order valence-corrected chi connectivity index (χ4v) is 5.28. The third kappa shape index (κ3) is 4.64. The van der Waals surface area contributed by atoms with Gasteiger partial charge < -0.3 is 4.48 Å². The zero-order chi connectivity index (χ0) is 12.9. The van der Waals surface area contributed by atoms with E-state index in [1.165, 1.54) is 35.8 Å². The van der Waals surface area contributed by atoms with Crippen molar-refractivity contribution in [3.8, 4) is 0 Å². The normalized spacial score (nSPS) is 12.8. The topological polar surface area (TPSA) is 0 Å². The molecule has 96 valence electrons. The van der Waals surface area contributed by atoms with Crippen molar-refractivity contribution in [1.82, 2.24) is 0 Å². The van der Waals surface area contributed by atoms with E-state index in [9.17, 15) is 0 Å². The molecule has 0 amide bonds. The molecule has 17 heavy (non-hydrogen) atoms. The first-order valence-corrected chi connectivity index (χ1v) is 10.5. The van der Waals surface area contributed by atoms with Gasteiger partial charge in [-0.3, -0.25) is 0 Å². The molecule has 0 bridgehead atoms. The summed E-state index contributed by atoms with van der Waals surface area (Å²) in [4.78, 5) is 0. The number of nitrogens with zero attached hydrogens (tertiary/aromatic N) is 1. The molecule has 0 radical (unpaired) electrons. The predicted octanol–water partition coefficient (Wildman–Crippen LogP) is 3.92. The molecule has 0 aliphatic heterocycles. The van der Waals surface area contributed by atoms with Gasteiger partial charge in [-0.2, -0.15) is 0 Å². The van der Waals surface area contributed by atoms with Gasteiger partial charge in [0.25, 0.3) is 0 Å². The maximum Gasteiger partial charge on any atom is 0.110 e. The zero-order valence-corrected chi connectivity index (χ0v) is 13.2. The summed E-state index contributed by atoms with van der Waals surface area (Å²) in [6.07, 6.45) is 1.38. The molecule has 0 aliphatic rings. The largest absolute Gasteiger partial charge is 0.324 e. The smallest absolute Gasteiger partial charge is 0.110 e. The Morgan fingerprint density at radius 2 is 1.47 bits per heavy atom. The molecule has 0 aliphatic carbocycles. The van der Waals surface area contributed by atoms with E-state index in [1.807, 2.05) is 0 Å². The van der Waals surface area contributed by atoms with Gasteiger partial charge in [0, 0.05) is 5.56 Å². The monoisotopic (exact) mass is 250 g/mol. The van der Waals surface area contributed by atoms with Gasteiger partial charge in [0.2, 0.25) is 0 Å². The number of benzene rings is 1. The first kappa shape index (κ1) is 14.5. The van der Waals surface area contributed by atoms with Crippen LogP contribution in [-0.4, -0.2) is 31.8 Å². The average molecular weight is 250 g/mol. The van der Waals surface area contributed by atoms with Gasteiger partial charge in [-0.1, -0.05) is 50.0 Å². The van der Waals surface area contributed by atoms with Crippen LogP contribution in [0.4, 0.5) is 0 Å². The molecule has 0 saturated carbocycles. The van der Waals surface area contributed by atoms with Crippen molar-refractivity contribution >= 4 is 8.07 Å². The van der Waals surface area contributed by atoms with Gasteiger partial charge in [-0.05, 0) is 13.8 Å². The Hall–Kier alpha value is -0.603. The molecule has 1 aromatic carbocycles. The number of hydrogen-bond acceptors (Lipinski definition) is 0. The van der Waals surface area contributed by atoms with Crippen molar-refractivity contribution in [3.63, 3.8) is 0 Å². The van der Waals surface area contributed by atoms with Gasteiger partial charge in [-0.15, -0.1) is 0 Å². The van der Waals surface area contributed by atoms with Gasteiger partial charge in [0.05, 0.1) is 19.3 Å². The Balaban J connectivity index is 2.85. The average Bonchev–Trinajstić information content (AvgIpc) is 2.27. The molecular formula is C15H28NSi+. The minimum absolute atomic E-state index is 1.02. The van der Waals surface area contributed by atoms with Crippen molar-refractivity contribution in [2.45, 2.75) is 40.0 Å². The summed E-state index contributed by atoms with van der Waals surface area (Å²) in [5.74, 6) is 0. The Bertz CT molecular complexity index is 323. The molecule has 1 rings (SSSR count). The lowest BCUT2D eigenvalue weighted by Gasteiger charge is -2.41. The van der Waals surface area contributed by atoms with Crippen molar-refractivity contribution in [1.29, 1.82) is 0 Å². The highest BCUT2D eigenvalue weighted by molar-refractivity contribution is 6.76. The molecule has 0 heterocycles. The third-order valence-electron chi connectivity index (χ3n) is 3.51. The first-order valence-electron chi connectivity index (χ1n) is 6.80. The lowest BCUT2D eigenvalue weighted by molar-refractivity contribution is -0.928. The summed E-state index contributed by atoms with van der Waals surface area (Å²) < 4.78 is 1.25. The van der Waals surface area contributed by atoms with Crippen LogP contribution in [0.3, 0.4) is 0 Å². The van der Waals surface area contributed by atoms with Crippen LogP contribution in [0.25, 0.3) is 0 Å². The maximum atomic E-state index is 2.48. The molecule has 1 aromatic rings.